The molecule has 21 heavy (non-hydrogen) atoms. The van der Waals surface area contributed by atoms with E-state index in [-0.39, 0.29) is 10.8 Å². The molecule has 1 aromatic rings. The zero-order valence-electron chi connectivity index (χ0n) is 12.5. The first-order valence-corrected chi connectivity index (χ1v) is 9.64. The summed E-state index contributed by atoms with van der Waals surface area (Å²) >= 11 is 3.23. The summed E-state index contributed by atoms with van der Waals surface area (Å²) in [6, 6.07) is 3.03. The van der Waals surface area contributed by atoms with Gasteiger partial charge in [-0.3, -0.25) is 4.79 Å². The molecule has 0 unspecified atom stereocenters. The Hall–Kier alpha value is -0.590. The Morgan fingerprint density at radius 2 is 1.95 bits per heavy atom. The molecule has 0 aliphatic carbocycles. The lowest BCUT2D eigenvalue weighted by Crippen LogP contribution is -2.29. The largest absolute Gasteiger partial charge is 0.342 e. The van der Waals surface area contributed by atoms with Crippen molar-refractivity contribution in [2.24, 2.45) is 5.92 Å². The predicted molar refractivity (Wildman–Crippen MR) is 88.3 cm³/mol. The molecule has 1 amide bonds. The SMILES string of the molecule is Cc1c(C(=O)N(C)CCC(C)C)cc(Br)cc1S(=O)(=O)Cl. The maximum absolute atomic E-state index is 12.5. The van der Waals surface area contributed by atoms with Crippen LogP contribution >= 0.6 is 26.6 Å². The Morgan fingerprint density at radius 1 is 1.38 bits per heavy atom. The minimum atomic E-state index is -3.89. The number of carbonyl (C=O) groups is 1. The first-order chi connectivity index (χ1) is 9.54. The van der Waals surface area contributed by atoms with Crippen molar-refractivity contribution in [1.29, 1.82) is 0 Å². The van der Waals surface area contributed by atoms with Crippen molar-refractivity contribution in [2.75, 3.05) is 13.6 Å². The number of hydrogen-bond donors (Lipinski definition) is 0. The molecule has 0 aliphatic heterocycles. The lowest BCUT2D eigenvalue weighted by molar-refractivity contribution is 0.0788. The van der Waals surface area contributed by atoms with Crippen LogP contribution in [0.5, 0.6) is 0 Å². The first-order valence-electron chi connectivity index (χ1n) is 6.54. The maximum Gasteiger partial charge on any atom is 0.261 e. The third kappa shape index (κ3) is 4.97. The summed E-state index contributed by atoms with van der Waals surface area (Å²) in [7, 11) is 3.24. The van der Waals surface area contributed by atoms with E-state index in [1.807, 2.05) is 0 Å². The van der Waals surface area contributed by atoms with Crippen molar-refractivity contribution in [3.8, 4) is 0 Å². The van der Waals surface area contributed by atoms with E-state index in [0.29, 0.717) is 28.1 Å². The van der Waals surface area contributed by atoms with Gasteiger partial charge in [-0.15, -0.1) is 0 Å². The van der Waals surface area contributed by atoms with Gasteiger partial charge in [-0.1, -0.05) is 29.8 Å². The summed E-state index contributed by atoms with van der Waals surface area (Å²) in [4.78, 5) is 14.0. The van der Waals surface area contributed by atoms with Crippen molar-refractivity contribution >= 4 is 41.6 Å². The second kappa shape index (κ2) is 7.11. The van der Waals surface area contributed by atoms with Gasteiger partial charge < -0.3 is 4.90 Å². The van der Waals surface area contributed by atoms with Gasteiger partial charge in [0, 0.05) is 34.3 Å². The van der Waals surface area contributed by atoms with Crippen molar-refractivity contribution in [2.45, 2.75) is 32.1 Å². The quantitative estimate of drug-likeness (QED) is 0.711. The van der Waals surface area contributed by atoms with Gasteiger partial charge in [-0.25, -0.2) is 8.42 Å². The van der Waals surface area contributed by atoms with Gasteiger partial charge in [0.2, 0.25) is 0 Å². The average molecular weight is 397 g/mol. The molecule has 0 atom stereocenters. The van der Waals surface area contributed by atoms with E-state index >= 15 is 0 Å². The van der Waals surface area contributed by atoms with E-state index in [4.69, 9.17) is 10.7 Å². The molecule has 0 bridgehead atoms. The number of amides is 1. The molecule has 7 heteroatoms. The van der Waals surface area contributed by atoms with E-state index in [9.17, 15) is 13.2 Å². The molecule has 1 rings (SSSR count). The van der Waals surface area contributed by atoms with Crippen molar-refractivity contribution in [1.82, 2.24) is 4.90 Å². The van der Waals surface area contributed by atoms with E-state index in [1.54, 1.807) is 24.9 Å². The topological polar surface area (TPSA) is 54.5 Å². The Bertz CT molecular complexity index is 644. The van der Waals surface area contributed by atoms with Gasteiger partial charge in [0.25, 0.3) is 15.0 Å². The van der Waals surface area contributed by atoms with Crippen LogP contribution in [0, 0.1) is 12.8 Å². The molecule has 0 spiro atoms. The van der Waals surface area contributed by atoms with Crippen molar-refractivity contribution in [3.05, 3.63) is 27.7 Å². The van der Waals surface area contributed by atoms with Crippen LogP contribution < -0.4 is 0 Å². The van der Waals surface area contributed by atoms with E-state index in [1.165, 1.54) is 6.07 Å². The molecule has 0 aliphatic rings. The van der Waals surface area contributed by atoms with Crippen LogP contribution in [-0.4, -0.2) is 32.8 Å². The van der Waals surface area contributed by atoms with Crippen molar-refractivity contribution < 1.29 is 13.2 Å². The number of nitrogens with zero attached hydrogens (tertiary/aromatic N) is 1. The van der Waals surface area contributed by atoms with Crippen LogP contribution in [-0.2, 0) is 9.05 Å². The normalized spacial score (nSPS) is 11.8. The second-order valence-corrected chi connectivity index (χ2v) is 8.87. The summed E-state index contributed by atoms with van der Waals surface area (Å²) in [5, 5.41) is 0. The average Bonchev–Trinajstić information content (AvgIpc) is 2.36. The summed E-state index contributed by atoms with van der Waals surface area (Å²) < 4.78 is 23.7. The highest BCUT2D eigenvalue weighted by atomic mass is 79.9. The first kappa shape index (κ1) is 18.5. The van der Waals surface area contributed by atoms with Gasteiger partial charge >= 0.3 is 0 Å². The maximum atomic E-state index is 12.5. The number of hydrogen-bond acceptors (Lipinski definition) is 3. The molecular formula is C14H19BrClNO3S. The van der Waals surface area contributed by atoms with Crippen LogP contribution in [0.25, 0.3) is 0 Å². The van der Waals surface area contributed by atoms with Crippen LogP contribution in [0.2, 0.25) is 0 Å². The number of benzene rings is 1. The number of rotatable bonds is 5. The summed E-state index contributed by atoms with van der Waals surface area (Å²) in [5.41, 5.74) is 0.712. The van der Waals surface area contributed by atoms with Crippen molar-refractivity contribution in [3.63, 3.8) is 0 Å². The molecule has 0 fully saturated rings. The minimum absolute atomic E-state index is 0.0425. The number of halogens is 2. The van der Waals surface area contributed by atoms with Crippen LogP contribution in [0.1, 0.15) is 36.2 Å². The second-order valence-electron chi connectivity index (χ2n) is 5.42. The molecule has 1 aromatic carbocycles. The monoisotopic (exact) mass is 395 g/mol. The standard InChI is InChI=1S/C14H19BrClNO3S/c1-9(2)5-6-17(4)14(18)12-7-11(15)8-13(10(12)3)21(16,19)20/h7-9H,5-6H2,1-4H3. The highest BCUT2D eigenvalue weighted by Crippen LogP contribution is 2.28. The van der Waals surface area contributed by atoms with Crippen LogP contribution in [0.3, 0.4) is 0 Å². The van der Waals surface area contributed by atoms with E-state index < -0.39 is 9.05 Å². The molecule has 0 heterocycles. The van der Waals surface area contributed by atoms with Crippen LogP contribution in [0.15, 0.2) is 21.5 Å². The highest BCUT2D eigenvalue weighted by Gasteiger charge is 2.22. The predicted octanol–water partition coefficient (Wildman–Crippen LogP) is 3.80. The Balaban J connectivity index is 3.19. The van der Waals surface area contributed by atoms with Gasteiger partial charge in [-0.2, -0.15) is 0 Å². The third-order valence-electron chi connectivity index (χ3n) is 3.21. The van der Waals surface area contributed by atoms with E-state index in [2.05, 4.69) is 29.8 Å². The molecule has 0 saturated carbocycles. The van der Waals surface area contributed by atoms with E-state index in [0.717, 1.165) is 6.42 Å². The van der Waals surface area contributed by atoms with Gasteiger partial charge in [0.1, 0.15) is 0 Å². The Kier molecular flexibility index (Phi) is 6.25. The summed E-state index contributed by atoms with van der Waals surface area (Å²) in [6.45, 7) is 6.37. The molecule has 0 radical (unpaired) electrons. The smallest absolute Gasteiger partial charge is 0.261 e. The molecule has 0 saturated heterocycles. The summed E-state index contributed by atoms with van der Waals surface area (Å²) in [5.74, 6) is 0.277. The molecule has 4 nitrogen and oxygen atoms in total. The Labute approximate surface area is 139 Å². The lowest BCUT2D eigenvalue weighted by Gasteiger charge is -2.20. The molecular weight excluding hydrogens is 378 g/mol. The number of carbonyl (C=O) groups excluding carboxylic acids is 1. The van der Waals surface area contributed by atoms with Crippen LogP contribution in [0.4, 0.5) is 0 Å². The van der Waals surface area contributed by atoms with Gasteiger partial charge in [0.15, 0.2) is 0 Å². The fourth-order valence-electron chi connectivity index (χ4n) is 1.89. The zero-order valence-corrected chi connectivity index (χ0v) is 15.6. The fraction of sp³-hybridized carbons (Fsp3) is 0.500. The third-order valence-corrected chi connectivity index (χ3v) is 5.11. The van der Waals surface area contributed by atoms with Gasteiger partial charge in [0.05, 0.1) is 4.90 Å². The zero-order chi connectivity index (χ0) is 16.4. The molecule has 0 N–H and O–H groups in total. The fourth-order valence-corrected chi connectivity index (χ4v) is 3.72. The van der Waals surface area contributed by atoms with Gasteiger partial charge in [-0.05, 0) is 37.0 Å². The Morgan fingerprint density at radius 3 is 2.43 bits per heavy atom. The minimum Gasteiger partial charge on any atom is -0.342 e. The molecule has 118 valence electrons. The lowest BCUT2D eigenvalue weighted by atomic mass is 10.1. The summed E-state index contributed by atoms with van der Waals surface area (Å²) in [6.07, 6.45) is 0.885. The highest BCUT2D eigenvalue weighted by molar-refractivity contribution is 9.10. The molecule has 0 aromatic heterocycles.